The van der Waals surface area contributed by atoms with Gasteiger partial charge in [-0.15, -0.1) is 0 Å². The fraction of sp³-hybridized carbons (Fsp3) is 0.611. The predicted octanol–water partition coefficient (Wildman–Crippen LogP) is 1.66. The van der Waals surface area contributed by atoms with Gasteiger partial charge in [-0.3, -0.25) is 14.9 Å². The molecule has 0 spiro atoms. The van der Waals surface area contributed by atoms with E-state index in [-0.39, 0.29) is 11.6 Å². The number of piperazine rings is 1. The molecule has 1 saturated heterocycles. The molecular formula is C18H26N3O3+. The first-order valence-electron chi connectivity index (χ1n) is 9.03. The molecule has 1 heterocycles. The van der Waals surface area contributed by atoms with Gasteiger partial charge in [-0.25, -0.2) is 0 Å². The molecule has 0 atom stereocenters. The number of non-ortho nitro benzene ring substituents is 1. The van der Waals surface area contributed by atoms with Gasteiger partial charge in [0.05, 0.1) is 37.1 Å². The van der Waals surface area contributed by atoms with E-state index >= 15 is 0 Å². The van der Waals surface area contributed by atoms with E-state index in [4.69, 9.17) is 0 Å². The molecule has 1 aliphatic heterocycles. The minimum Gasteiger partial charge on any atom is -0.330 e. The summed E-state index contributed by atoms with van der Waals surface area (Å²) in [7, 11) is 0. The molecule has 130 valence electrons. The van der Waals surface area contributed by atoms with Crippen molar-refractivity contribution >= 4 is 11.6 Å². The number of hydrogen-bond acceptors (Lipinski definition) is 3. The Morgan fingerprint density at radius 3 is 2.17 bits per heavy atom. The molecule has 1 aromatic rings. The highest BCUT2D eigenvalue weighted by Gasteiger charge is 2.30. The summed E-state index contributed by atoms with van der Waals surface area (Å²) < 4.78 is 0. The molecule has 0 radical (unpaired) electrons. The highest BCUT2D eigenvalue weighted by atomic mass is 16.6. The Bertz CT molecular complexity index is 572. The molecule has 6 heteroatoms. The maximum atomic E-state index is 12.6. The lowest BCUT2D eigenvalue weighted by Gasteiger charge is -2.36. The van der Waals surface area contributed by atoms with Gasteiger partial charge in [-0.05, 0) is 37.8 Å². The number of nitrogens with zero attached hydrogens (tertiary/aromatic N) is 2. The summed E-state index contributed by atoms with van der Waals surface area (Å²) in [5, 5.41) is 10.7. The number of hydrogen-bond donors (Lipinski definition) is 1. The van der Waals surface area contributed by atoms with Crippen LogP contribution in [0.1, 0.15) is 48.9 Å². The van der Waals surface area contributed by atoms with Crippen LogP contribution >= 0.6 is 0 Å². The van der Waals surface area contributed by atoms with E-state index in [1.54, 1.807) is 17.0 Å². The maximum absolute atomic E-state index is 12.6. The molecule has 0 unspecified atom stereocenters. The van der Waals surface area contributed by atoms with Crippen molar-refractivity contribution in [3.63, 3.8) is 0 Å². The van der Waals surface area contributed by atoms with E-state index in [2.05, 4.69) is 0 Å². The molecule has 1 amide bonds. The molecule has 6 nitrogen and oxygen atoms in total. The van der Waals surface area contributed by atoms with Crippen LogP contribution < -0.4 is 4.90 Å². The molecule has 1 N–H and O–H groups in total. The zero-order chi connectivity index (χ0) is 16.9. The molecule has 3 rings (SSSR count). The summed E-state index contributed by atoms with van der Waals surface area (Å²) in [5.41, 5.74) is 0.563. The molecule has 2 aliphatic rings. The fourth-order valence-corrected chi connectivity index (χ4v) is 4.00. The first-order valence-corrected chi connectivity index (χ1v) is 9.03. The minimum atomic E-state index is -0.441. The Morgan fingerprint density at radius 2 is 1.62 bits per heavy atom. The third-order valence-electron chi connectivity index (χ3n) is 5.45. The molecule has 2 fully saturated rings. The van der Waals surface area contributed by atoms with Gasteiger partial charge in [0.15, 0.2) is 0 Å². The number of rotatable bonds is 3. The zero-order valence-electron chi connectivity index (χ0n) is 14.1. The fourth-order valence-electron chi connectivity index (χ4n) is 4.00. The van der Waals surface area contributed by atoms with Gasteiger partial charge in [-0.1, -0.05) is 12.8 Å². The van der Waals surface area contributed by atoms with Crippen molar-refractivity contribution in [1.82, 2.24) is 4.90 Å². The molecule has 1 aromatic carbocycles. The lowest BCUT2D eigenvalue weighted by atomic mass is 10.1. The average molecular weight is 332 g/mol. The van der Waals surface area contributed by atoms with Crippen molar-refractivity contribution in [2.24, 2.45) is 0 Å². The average Bonchev–Trinajstić information content (AvgIpc) is 2.91. The lowest BCUT2D eigenvalue weighted by molar-refractivity contribution is -0.929. The van der Waals surface area contributed by atoms with E-state index < -0.39 is 4.92 Å². The number of carbonyl (C=O) groups excluding carboxylic acids is 1. The topological polar surface area (TPSA) is 67.9 Å². The van der Waals surface area contributed by atoms with E-state index in [1.807, 2.05) is 4.90 Å². The molecule has 0 aromatic heterocycles. The first-order chi connectivity index (χ1) is 11.6. The summed E-state index contributed by atoms with van der Waals surface area (Å²) in [6, 6.07) is 6.69. The van der Waals surface area contributed by atoms with Crippen molar-refractivity contribution in [3.8, 4) is 0 Å². The van der Waals surface area contributed by atoms with Crippen LogP contribution in [-0.2, 0) is 0 Å². The van der Waals surface area contributed by atoms with Gasteiger partial charge in [0.1, 0.15) is 0 Å². The Morgan fingerprint density at radius 1 is 1.04 bits per heavy atom. The first kappa shape index (κ1) is 16.9. The summed E-state index contributed by atoms with van der Waals surface area (Å²) in [6.07, 6.45) is 8.08. The van der Waals surface area contributed by atoms with E-state index in [0.717, 1.165) is 32.2 Å². The summed E-state index contributed by atoms with van der Waals surface area (Å²) in [5.74, 6) is -0.00943. The van der Waals surface area contributed by atoms with Crippen LogP contribution in [0.4, 0.5) is 5.69 Å². The normalized spacial score (nSPS) is 20.6. The molecule has 0 bridgehead atoms. The minimum absolute atomic E-state index is 0.00943. The number of nitro benzene ring substituents is 1. The van der Waals surface area contributed by atoms with Crippen LogP contribution in [0.2, 0.25) is 0 Å². The van der Waals surface area contributed by atoms with Gasteiger partial charge in [-0.2, -0.15) is 0 Å². The summed E-state index contributed by atoms with van der Waals surface area (Å²) >= 11 is 0. The highest BCUT2D eigenvalue weighted by Crippen LogP contribution is 2.16. The van der Waals surface area contributed by atoms with Crippen LogP contribution in [0.15, 0.2) is 24.3 Å². The standard InChI is InChI=1S/C18H25N3O3/c22-18(15-7-9-17(10-8-15)21(23)24)20-13-11-19(12-14-20)16-5-3-1-2-4-6-16/h7-10,16H,1-6,11-14H2/p+1. The van der Waals surface area contributed by atoms with Crippen LogP contribution in [0.25, 0.3) is 0 Å². The Hall–Kier alpha value is -1.95. The number of benzene rings is 1. The number of nitrogens with one attached hydrogen (secondary N) is 1. The smallest absolute Gasteiger partial charge is 0.269 e. The molecule has 1 saturated carbocycles. The van der Waals surface area contributed by atoms with Gasteiger partial charge < -0.3 is 9.80 Å². The molecule has 1 aliphatic carbocycles. The predicted molar refractivity (Wildman–Crippen MR) is 91.2 cm³/mol. The zero-order valence-corrected chi connectivity index (χ0v) is 14.1. The van der Waals surface area contributed by atoms with Crippen molar-refractivity contribution in [3.05, 3.63) is 39.9 Å². The van der Waals surface area contributed by atoms with Crippen molar-refractivity contribution in [2.75, 3.05) is 26.2 Å². The largest absolute Gasteiger partial charge is 0.330 e. The van der Waals surface area contributed by atoms with E-state index in [9.17, 15) is 14.9 Å². The van der Waals surface area contributed by atoms with Gasteiger partial charge in [0.2, 0.25) is 0 Å². The maximum Gasteiger partial charge on any atom is 0.269 e. The van der Waals surface area contributed by atoms with Crippen LogP contribution in [0.3, 0.4) is 0 Å². The Balaban J connectivity index is 1.55. The highest BCUT2D eigenvalue weighted by molar-refractivity contribution is 5.94. The number of carbonyl (C=O) groups is 1. The van der Waals surface area contributed by atoms with Crippen LogP contribution in [0.5, 0.6) is 0 Å². The third-order valence-corrected chi connectivity index (χ3v) is 5.45. The van der Waals surface area contributed by atoms with Crippen molar-refractivity contribution < 1.29 is 14.6 Å². The van der Waals surface area contributed by atoms with Gasteiger partial charge in [0.25, 0.3) is 11.6 Å². The number of quaternary nitrogens is 1. The Kier molecular flexibility index (Phi) is 5.45. The SMILES string of the molecule is O=C(c1ccc([N+](=O)[O-])cc1)N1CC[NH+](C2CCCCCC2)CC1. The Labute approximate surface area is 142 Å². The lowest BCUT2D eigenvalue weighted by Crippen LogP contribution is -3.18. The second kappa shape index (κ2) is 7.75. The molecule has 24 heavy (non-hydrogen) atoms. The van der Waals surface area contributed by atoms with E-state index in [0.29, 0.717) is 5.56 Å². The number of amides is 1. The van der Waals surface area contributed by atoms with Crippen LogP contribution in [-0.4, -0.2) is 48.0 Å². The molecular weight excluding hydrogens is 306 g/mol. The second-order valence-electron chi connectivity index (χ2n) is 6.94. The van der Waals surface area contributed by atoms with E-state index in [1.165, 1.54) is 50.7 Å². The monoisotopic (exact) mass is 332 g/mol. The van der Waals surface area contributed by atoms with Crippen molar-refractivity contribution in [1.29, 1.82) is 0 Å². The quantitative estimate of drug-likeness (QED) is 0.520. The second-order valence-corrected chi connectivity index (χ2v) is 6.94. The third kappa shape index (κ3) is 3.93. The van der Waals surface area contributed by atoms with Crippen molar-refractivity contribution in [2.45, 2.75) is 44.6 Å². The van der Waals surface area contributed by atoms with Gasteiger partial charge in [0, 0.05) is 17.7 Å². The van der Waals surface area contributed by atoms with Crippen LogP contribution in [0, 0.1) is 10.1 Å². The summed E-state index contributed by atoms with van der Waals surface area (Å²) in [6.45, 7) is 3.59. The van der Waals surface area contributed by atoms with Gasteiger partial charge >= 0.3 is 0 Å². The summed E-state index contributed by atoms with van der Waals surface area (Å²) in [4.78, 5) is 26.4. The number of nitro groups is 1.